The SMILES string of the molecule is COc1ccccc1N1CCC(CO)C(C)(C)C1. The molecule has 1 aliphatic heterocycles. The quantitative estimate of drug-likeness (QED) is 0.893. The molecule has 0 amide bonds. The summed E-state index contributed by atoms with van der Waals surface area (Å²) in [4.78, 5) is 2.37. The molecule has 2 rings (SSSR count). The molecule has 1 unspecified atom stereocenters. The summed E-state index contributed by atoms with van der Waals surface area (Å²) in [6.45, 7) is 6.69. The van der Waals surface area contributed by atoms with Gasteiger partial charge in [-0.1, -0.05) is 26.0 Å². The lowest BCUT2D eigenvalue weighted by molar-refractivity contribution is 0.0971. The van der Waals surface area contributed by atoms with Gasteiger partial charge in [-0.2, -0.15) is 0 Å². The molecule has 1 aliphatic rings. The number of aliphatic hydroxyl groups excluding tert-OH is 1. The van der Waals surface area contributed by atoms with Gasteiger partial charge in [0.1, 0.15) is 5.75 Å². The van der Waals surface area contributed by atoms with Crippen LogP contribution < -0.4 is 9.64 Å². The number of hydrogen-bond acceptors (Lipinski definition) is 3. The normalized spacial score (nSPS) is 22.9. The Labute approximate surface area is 109 Å². The Hall–Kier alpha value is -1.22. The van der Waals surface area contributed by atoms with Crippen LogP contribution >= 0.6 is 0 Å². The average Bonchev–Trinajstić information content (AvgIpc) is 2.37. The molecule has 1 N–H and O–H groups in total. The highest BCUT2D eigenvalue weighted by Gasteiger charge is 2.35. The Balaban J connectivity index is 2.21. The van der Waals surface area contributed by atoms with Crippen molar-refractivity contribution in [2.24, 2.45) is 11.3 Å². The van der Waals surface area contributed by atoms with E-state index >= 15 is 0 Å². The zero-order valence-electron chi connectivity index (χ0n) is 11.5. The first-order valence-corrected chi connectivity index (χ1v) is 6.57. The Bertz CT molecular complexity index is 403. The summed E-state index contributed by atoms with van der Waals surface area (Å²) in [5.74, 6) is 1.32. The smallest absolute Gasteiger partial charge is 0.142 e. The number of nitrogens with zero attached hydrogens (tertiary/aromatic N) is 1. The molecule has 0 bridgehead atoms. The molecule has 0 radical (unpaired) electrons. The molecule has 1 heterocycles. The van der Waals surface area contributed by atoms with Crippen LogP contribution in [0.2, 0.25) is 0 Å². The summed E-state index contributed by atoms with van der Waals surface area (Å²) in [5, 5.41) is 9.44. The number of anilines is 1. The van der Waals surface area contributed by atoms with Gasteiger partial charge in [0.2, 0.25) is 0 Å². The lowest BCUT2D eigenvalue weighted by Crippen LogP contribution is -2.47. The number of benzene rings is 1. The first-order valence-electron chi connectivity index (χ1n) is 6.57. The van der Waals surface area contributed by atoms with Crippen molar-refractivity contribution in [3.8, 4) is 5.75 Å². The van der Waals surface area contributed by atoms with E-state index in [4.69, 9.17) is 4.74 Å². The molecule has 0 aromatic heterocycles. The van der Waals surface area contributed by atoms with Gasteiger partial charge >= 0.3 is 0 Å². The fourth-order valence-electron chi connectivity index (χ4n) is 2.84. The standard InChI is InChI=1S/C15H23NO2/c1-15(2)11-16(9-8-12(15)10-17)13-6-4-5-7-14(13)18-3/h4-7,12,17H,8-11H2,1-3H3. The van der Waals surface area contributed by atoms with Gasteiger partial charge in [-0.05, 0) is 29.9 Å². The molecule has 18 heavy (non-hydrogen) atoms. The molecule has 1 aromatic rings. The number of aliphatic hydroxyl groups is 1. The van der Waals surface area contributed by atoms with E-state index in [9.17, 15) is 5.11 Å². The molecular weight excluding hydrogens is 226 g/mol. The van der Waals surface area contributed by atoms with E-state index in [0.29, 0.717) is 5.92 Å². The molecule has 3 nitrogen and oxygen atoms in total. The van der Waals surface area contributed by atoms with Crippen molar-refractivity contribution >= 4 is 5.69 Å². The minimum absolute atomic E-state index is 0.133. The molecule has 0 spiro atoms. The molecule has 1 fully saturated rings. The maximum absolute atomic E-state index is 9.44. The number of methoxy groups -OCH3 is 1. The first-order chi connectivity index (χ1) is 8.58. The highest BCUT2D eigenvalue weighted by atomic mass is 16.5. The van der Waals surface area contributed by atoms with Crippen LogP contribution in [0.1, 0.15) is 20.3 Å². The van der Waals surface area contributed by atoms with Crippen LogP contribution in [-0.2, 0) is 0 Å². The lowest BCUT2D eigenvalue weighted by atomic mass is 9.74. The van der Waals surface area contributed by atoms with Crippen molar-refractivity contribution in [1.82, 2.24) is 0 Å². The van der Waals surface area contributed by atoms with Crippen molar-refractivity contribution < 1.29 is 9.84 Å². The Kier molecular flexibility index (Phi) is 3.81. The zero-order chi connectivity index (χ0) is 13.2. The summed E-state index contributed by atoms with van der Waals surface area (Å²) in [7, 11) is 1.71. The fourth-order valence-corrected chi connectivity index (χ4v) is 2.84. The summed E-state index contributed by atoms with van der Waals surface area (Å²) >= 11 is 0. The highest BCUT2D eigenvalue weighted by Crippen LogP contribution is 2.39. The van der Waals surface area contributed by atoms with E-state index in [-0.39, 0.29) is 12.0 Å². The van der Waals surface area contributed by atoms with Gasteiger partial charge in [0.15, 0.2) is 0 Å². The van der Waals surface area contributed by atoms with Gasteiger partial charge in [0.25, 0.3) is 0 Å². The maximum atomic E-state index is 9.44. The molecule has 3 heteroatoms. The van der Waals surface area contributed by atoms with Crippen molar-refractivity contribution in [2.75, 3.05) is 31.7 Å². The molecule has 100 valence electrons. The van der Waals surface area contributed by atoms with Crippen LogP contribution in [0.5, 0.6) is 5.75 Å². The first kappa shape index (κ1) is 13.2. The summed E-state index contributed by atoms with van der Waals surface area (Å²) in [6.07, 6.45) is 1.03. The molecule has 1 saturated heterocycles. The van der Waals surface area contributed by atoms with Gasteiger partial charge in [-0.15, -0.1) is 0 Å². The predicted octanol–water partition coefficient (Wildman–Crippen LogP) is 2.54. The Morgan fingerprint density at radius 3 is 2.72 bits per heavy atom. The van der Waals surface area contributed by atoms with Crippen LogP contribution in [0.4, 0.5) is 5.69 Å². The fraction of sp³-hybridized carbons (Fsp3) is 0.600. The van der Waals surface area contributed by atoms with E-state index in [2.05, 4.69) is 24.8 Å². The zero-order valence-corrected chi connectivity index (χ0v) is 11.5. The van der Waals surface area contributed by atoms with Crippen LogP contribution in [0.25, 0.3) is 0 Å². The van der Waals surface area contributed by atoms with Crippen LogP contribution in [0, 0.1) is 11.3 Å². The minimum atomic E-state index is 0.133. The average molecular weight is 249 g/mol. The molecular formula is C15H23NO2. The second-order valence-electron chi connectivity index (χ2n) is 5.75. The lowest BCUT2D eigenvalue weighted by Gasteiger charge is -2.45. The van der Waals surface area contributed by atoms with Gasteiger partial charge in [0.05, 0.1) is 12.8 Å². The molecule has 0 saturated carbocycles. The third-order valence-corrected chi connectivity index (χ3v) is 4.10. The minimum Gasteiger partial charge on any atom is -0.495 e. The molecule has 0 aliphatic carbocycles. The van der Waals surface area contributed by atoms with Crippen LogP contribution in [0.3, 0.4) is 0 Å². The van der Waals surface area contributed by atoms with Crippen molar-refractivity contribution in [3.05, 3.63) is 24.3 Å². The highest BCUT2D eigenvalue weighted by molar-refractivity contribution is 5.58. The van der Waals surface area contributed by atoms with Crippen LogP contribution in [0.15, 0.2) is 24.3 Å². The van der Waals surface area contributed by atoms with E-state index in [1.807, 2.05) is 18.2 Å². The monoisotopic (exact) mass is 249 g/mol. The van der Waals surface area contributed by atoms with Crippen molar-refractivity contribution in [2.45, 2.75) is 20.3 Å². The number of hydrogen-bond donors (Lipinski definition) is 1. The van der Waals surface area contributed by atoms with Gasteiger partial charge in [0, 0.05) is 19.7 Å². The van der Waals surface area contributed by atoms with E-state index in [1.165, 1.54) is 0 Å². The second-order valence-corrected chi connectivity index (χ2v) is 5.75. The van der Waals surface area contributed by atoms with Gasteiger partial charge < -0.3 is 14.7 Å². The third kappa shape index (κ3) is 2.46. The third-order valence-electron chi connectivity index (χ3n) is 4.10. The topological polar surface area (TPSA) is 32.7 Å². The molecule has 1 aromatic carbocycles. The summed E-state index contributed by atoms with van der Waals surface area (Å²) in [5.41, 5.74) is 1.29. The van der Waals surface area contributed by atoms with Crippen molar-refractivity contribution in [3.63, 3.8) is 0 Å². The summed E-state index contributed by atoms with van der Waals surface area (Å²) < 4.78 is 5.43. The Morgan fingerprint density at radius 1 is 1.39 bits per heavy atom. The van der Waals surface area contributed by atoms with E-state index < -0.39 is 0 Å². The number of ether oxygens (including phenoxy) is 1. The number of para-hydroxylation sites is 2. The maximum Gasteiger partial charge on any atom is 0.142 e. The van der Waals surface area contributed by atoms with Crippen molar-refractivity contribution in [1.29, 1.82) is 0 Å². The number of piperidine rings is 1. The Morgan fingerprint density at radius 2 is 2.11 bits per heavy atom. The van der Waals surface area contributed by atoms with E-state index in [0.717, 1.165) is 30.9 Å². The van der Waals surface area contributed by atoms with Gasteiger partial charge in [-0.3, -0.25) is 0 Å². The second kappa shape index (κ2) is 5.19. The van der Waals surface area contributed by atoms with Crippen LogP contribution in [-0.4, -0.2) is 31.9 Å². The predicted molar refractivity (Wildman–Crippen MR) is 74.2 cm³/mol. The number of rotatable bonds is 3. The molecule has 1 atom stereocenters. The van der Waals surface area contributed by atoms with Gasteiger partial charge in [-0.25, -0.2) is 0 Å². The summed E-state index contributed by atoms with van der Waals surface area (Å²) in [6, 6.07) is 8.14. The van der Waals surface area contributed by atoms with E-state index in [1.54, 1.807) is 7.11 Å². The largest absolute Gasteiger partial charge is 0.495 e.